The van der Waals surface area contributed by atoms with Gasteiger partial charge in [-0.3, -0.25) is 4.79 Å². The van der Waals surface area contributed by atoms with Crippen molar-refractivity contribution in [2.45, 2.75) is 32.1 Å². The third kappa shape index (κ3) is 2.59. The summed E-state index contributed by atoms with van der Waals surface area (Å²) in [5.74, 6) is 1.66. The predicted octanol–water partition coefficient (Wildman–Crippen LogP) is 2.05. The molecule has 4 nitrogen and oxygen atoms in total. The molecule has 1 aliphatic carbocycles. The van der Waals surface area contributed by atoms with Crippen LogP contribution in [0.1, 0.15) is 29.1 Å². The van der Waals surface area contributed by atoms with Crippen LogP contribution in [0.15, 0.2) is 29.1 Å². The van der Waals surface area contributed by atoms with E-state index in [1.54, 1.807) is 7.11 Å². The first-order valence-electron chi connectivity index (χ1n) is 7.00. The molecular weight excluding hydrogens is 252 g/mol. The highest BCUT2D eigenvalue weighted by atomic mass is 16.5. The van der Waals surface area contributed by atoms with E-state index in [1.165, 1.54) is 5.56 Å². The lowest BCUT2D eigenvalue weighted by Gasteiger charge is -2.05. The SMILES string of the molecule is COc1ccc(CCc2nc3c(c(=O)[nH]2)CCC3)cc1. The van der Waals surface area contributed by atoms with Crippen molar-refractivity contribution in [3.05, 3.63) is 57.3 Å². The zero-order valence-electron chi connectivity index (χ0n) is 11.6. The number of aromatic nitrogens is 2. The number of rotatable bonds is 4. The number of hydrogen-bond donors (Lipinski definition) is 1. The van der Waals surface area contributed by atoms with Crippen LogP contribution in [0.25, 0.3) is 0 Å². The van der Waals surface area contributed by atoms with Crippen LogP contribution < -0.4 is 10.3 Å². The van der Waals surface area contributed by atoms with E-state index in [0.29, 0.717) is 0 Å². The van der Waals surface area contributed by atoms with Gasteiger partial charge in [0.25, 0.3) is 5.56 Å². The van der Waals surface area contributed by atoms with E-state index in [9.17, 15) is 4.79 Å². The van der Waals surface area contributed by atoms with Crippen molar-refractivity contribution in [2.24, 2.45) is 0 Å². The van der Waals surface area contributed by atoms with Gasteiger partial charge in [0.1, 0.15) is 11.6 Å². The van der Waals surface area contributed by atoms with Gasteiger partial charge >= 0.3 is 0 Å². The van der Waals surface area contributed by atoms with Crippen molar-refractivity contribution in [3.8, 4) is 5.75 Å². The van der Waals surface area contributed by atoms with Crippen LogP contribution in [-0.4, -0.2) is 17.1 Å². The molecule has 4 heteroatoms. The highest BCUT2D eigenvalue weighted by Gasteiger charge is 2.16. The van der Waals surface area contributed by atoms with Gasteiger partial charge in [-0.2, -0.15) is 0 Å². The Morgan fingerprint density at radius 1 is 1.20 bits per heavy atom. The summed E-state index contributed by atoms with van der Waals surface area (Å²) in [6.07, 6.45) is 4.49. The first kappa shape index (κ1) is 12.9. The van der Waals surface area contributed by atoms with E-state index in [-0.39, 0.29) is 5.56 Å². The van der Waals surface area contributed by atoms with E-state index in [2.05, 4.69) is 9.97 Å². The molecule has 1 N–H and O–H groups in total. The smallest absolute Gasteiger partial charge is 0.254 e. The Labute approximate surface area is 117 Å². The molecule has 0 atom stereocenters. The molecule has 1 aliphatic rings. The molecule has 1 aromatic heterocycles. The molecule has 0 saturated carbocycles. The van der Waals surface area contributed by atoms with Gasteiger partial charge in [0.05, 0.1) is 12.8 Å². The topological polar surface area (TPSA) is 55.0 Å². The van der Waals surface area contributed by atoms with Gasteiger partial charge in [-0.1, -0.05) is 12.1 Å². The highest BCUT2D eigenvalue weighted by molar-refractivity contribution is 5.28. The molecule has 20 heavy (non-hydrogen) atoms. The fourth-order valence-electron chi connectivity index (χ4n) is 2.67. The fourth-order valence-corrected chi connectivity index (χ4v) is 2.67. The molecule has 3 rings (SSSR count). The number of aromatic amines is 1. The largest absolute Gasteiger partial charge is 0.497 e. The number of aryl methyl sites for hydroxylation is 3. The van der Waals surface area contributed by atoms with Crippen LogP contribution in [0.3, 0.4) is 0 Å². The zero-order valence-corrected chi connectivity index (χ0v) is 11.6. The standard InChI is InChI=1S/C16H18N2O2/c1-20-12-8-5-11(6-9-12)7-10-15-17-14-4-2-3-13(14)16(19)18-15/h5-6,8-9H,2-4,7,10H2,1H3,(H,17,18,19). The molecular formula is C16H18N2O2. The maximum absolute atomic E-state index is 11.9. The van der Waals surface area contributed by atoms with Crippen LogP contribution in [0.4, 0.5) is 0 Å². The normalized spacial score (nSPS) is 13.2. The number of methoxy groups -OCH3 is 1. The molecule has 0 unspecified atom stereocenters. The van der Waals surface area contributed by atoms with Crippen molar-refractivity contribution in [2.75, 3.05) is 7.11 Å². The van der Waals surface area contributed by atoms with E-state index in [4.69, 9.17) is 4.74 Å². The van der Waals surface area contributed by atoms with E-state index in [1.807, 2.05) is 24.3 Å². The molecule has 1 heterocycles. The first-order chi connectivity index (χ1) is 9.76. The van der Waals surface area contributed by atoms with Gasteiger partial charge < -0.3 is 9.72 Å². The van der Waals surface area contributed by atoms with Gasteiger partial charge in [-0.15, -0.1) is 0 Å². The third-order valence-electron chi connectivity index (χ3n) is 3.80. The monoisotopic (exact) mass is 270 g/mol. The molecule has 1 aromatic carbocycles. The zero-order chi connectivity index (χ0) is 13.9. The van der Waals surface area contributed by atoms with Crippen molar-refractivity contribution in [1.82, 2.24) is 9.97 Å². The van der Waals surface area contributed by atoms with Crippen molar-refractivity contribution in [3.63, 3.8) is 0 Å². The van der Waals surface area contributed by atoms with Gasteiger partial charge in [0.15, 0.2) is 0 Å². The Hall–Kier alpha value is -2.10. The Morgan fingerprint density at radius 3 is 2.75 bits per heavy atom. The number of fused-ring (bicyclic) bond motifs is 1. The summed E-state index contributed by atoms with van der Waals surface area (Å²) >= 11 is 0. The minimum absolute atomic E-state index is 0.0530. The number of H-pyrrole nitrogens is 1. The number of hydrogen-bond acceptors (Lipinski definition) is 3. The second-order valence-electron chi connectivity index (χ2n) is 5.14. The lowest BCUT2D eigenvalue weighted by Crippen LogP contribution is -2.17. The molecule has 0 saturated heterocycles. The van der Waals surface area contributed by atoms with E-state index < -0.39 is 0 Å². The van der Waals surface area contributed by atoms with Crippen molar-refractivity contribution >= 4 is 0 Å². The molecule has 0 fully saturated rings. The van der Waals surface area contributed by atoms with Crippen molar-refractivity contribution in [1.29, 1.82) is 0 Å². The van der Waals surface area contributed by atoms with Crippen LogP contribution in [-0.2, 0) is 25.7 Å². The highest BCUT2D eigenvalue weighted by Crippen LogP contribution is 2.16. The average molecular weight is 270 g/mol. The molecule has 0 spiro atoms. The van der Waals surface area contributed by atoms with Crippen molar-refractivity contribution < 1.29 is 4.74 Å². The van der Waals surface area contributed by atoms with E-state index in [0.717, 1.165) is 54.9 Å². The lowest BCUT2D eigenvalue weighted by molar-refractivity contribution is 0.414. The number of benzene rings is 1. The van der Waals surface area contributed by atoms with Gasteiger partial charge in [-0.05, 0) is 43.4 Å². The fraction of sp³-hybridized carbons (Fsp3) is 0.375. The van der Waals surface area contributed by atoms with Crippen LogP contribution in [0.2, 0.25) is 0 Å². The first-order valence-corrected chi connectivity index (χ1v) is 7.00. The second kappa shape index (κ2) is 5.49. The number of nitrogens with zero attached hydrogens (tertiary/aromatic N) is 1. The van der Waals surface area contributed by atoms with E-state index >= 15 is 0 Å². The Bertz CT molecular complexity index is 659. The Morgan fingerprint density at radius 2 is 2.00 bits per heavy atom. The molecule has 0 amide bonds. The summed E-state index contributed by atoms with van der Waals surface area (Å²) in [5.41, 5.74) is 3.16. The van der Waals surface area contributed by atoms with Crippen LogP contribution in [0, 0.1) is 0 Å². The van der Waals surface area contributed by atoms with Gasteiger partial charge in [-0.25, -0.2) is 4.98 Å². The maximum atomic E-state index is 11.9. The van der Waals surface area contributed by atoms with Crippen LogP contribution in [0.5, 0.6) is 5.75 Å². The van der Waals surface area contributed by atoms with Gasteiger partial charge in [0, 0.05) is 12.0 Å². The second-order valence-corrected chi connectivity index (χ2v) is 5.14. The quantitative estimate of drug-likeness (QED) is 0.925. The minimum atomic E-state index is 0.0530. The molecule has 104 valence electrons. The number of ether oxygens (including phenoxy) is 1. The Kier molecular flexibility index (Phi) is 3.54. The maximum Gasteiger partial charge on any atom is 0.254 e. The minimum Gasteiger partial charge on any atom is -0.497 e. The summed E-state index contributed by atoms with van der Waals surface area (Å²) in [6, 6.07) is 8.00. The summed E-state index contributed by atoms with van der Waals surface area (Å²) < 4.78 is 5.14. The molecule has 0 radical (unpaired) electrons. The van der Waals surface area contributed by atoms with Crippen LogP contribution >= 0.6 is 0 Å². The van der Waals surface area contributed by atoms with Gasteiger partial charge in [0.2, 0.25) is 0 Å². The predicted molar refractivity (Wildman–Crippen MR) is 77.3 cm³/mol. The average Bonchev–Trinajstić information content (AvgIpc) is 2.94. The third-order valence-corrected chi connectivity index (χ3v) is 3.80. The molecule has 2 aromatic rings. The Balaban J connectivity index is 1.72. The lowest BCUT2D eigenvalue weighted by atomic mass is 10.1. The number of nitrogens with one attached hydrogen (secondary N) is 1. The molecule has 0 bridgehead atoms. The molecule has 0 aliphatic heterocycles. The summed E-state index contributed by atoms with van der Waals surface area (Å²) in [5, 5.41) is 0. The summed E-state index contributed by atoms with van der Waals surface area (Å²) in [4.78, 5) is 19.4. The summed E-state index contributed by atoms with van der Waals surface area (Å²) in [7, 11) is 1.66. The summed E-state index contributed by atoms with van der Waals surface area (Å²) in [6.45, 7) is 0.